The van der Waals surface area contributed by atoms with Gasteiger partial charge in [0.25, 0.3) is 0 Å². The molecule has 2 heterocycles. The van der Waals surface area contributed by atoms with Crippen LogP contribution < -0.4 is 0 Å². The minimum Gasteiger partial charge on any atom is -0.512 e. The number of aromatic nitrogens is 6. The van der Waals surface area contributed by atoms with Gasteiger partial charge in [-0.25, -0.2) is 0 Å². The number of benzene rings is 6. The number of carbonyl (C=O) groups excluding carboxylic acids is 1. The Morgan fingerprint density at radius 3 is 1.12 bits per heavy atom. The first kappa shape index (κ1) is 47.2. The predicted molar refractivity (Wildman–Crippen MR) is 208 cm³/mol. The van der Waals surface area contributed by atoms with E-state index in [-0.39, 0.29) is 52.9 Å². The van der Waals surface area contributed by atoms with E-state index in [1.165, 1.54) is 19.9 Å². The fourth-order valence-corrected chi connectivity index (χ4v) is 4.84. The number of fused-ring (bicyclic) bond motifs is 4. The number of nitrogens with zero attached hydrogens (tertiary/aromatic N) is 6. The van der Waals surface area contributed by atoms with Crippen molar-refractivity contribution >= 4 is 49.4 Å². The Hall–Kier alpha value is -5.92. The molecule has 0 aliphatic heterocycles. The molecule has 2 aromatic heterocycles. The van der Waals surface area contributed by atoms with E-state index in [0.717, 1.165) is 55.0 Å². The summed E-state index contributed by atoms with van der Waals surface area (Å²) in [5.41, 5.74) is 5.34. The van der Waals surface area contributed by atoms with E-state index < -0.39 is 12.4 Å². The molecule has 8 rings (SSSR count). The second kappa shape index (κ2) is 21.4. The number of alkyl halides is 6. The van der Waals surface area contributed by atoms with E-state index in [2.05, 4.69) is 56.8 Å². The van der Waals surface area contributed by atoms with Gasteiger partial charge in [-0.3, -0.25) is 4.79 Å². The number of allylic oxidation sites excluding steroid dienone is 2. The summed E-state index contributed by atoms with van der Waals surface area (Å²) in [7, 11) is 0. The molecule has 6 aromatic carbocycles. The van der Waals surface area contributed by atoms with E-state index >= 15 is 0 Å². The normalized spacial score (nSPS) is 10.9. The molecule has 0 bridgehead atoms. The molecule has 0 unspecified atom stereocenters. The van der Waals surface area contributed by atoms with Crippen molar-refractivity contribution in [3.05, 3.63) is 145 Å². The fraction of sp³-hybridized carbons (Fsp3) is 0.167. The summed E-state index contributed by atoms with van der Waals surface area (Å²) in [6, 6.07) is 46.4. The predicted octanol–water partition coefficient (Wildman–Crippen LogP) is 11.6. The molecule has 0 spiro atoms. The van der Waals surface area contributed by atoms with Gasteiger partial charge in [-0.05, 0) is 49.5 Å². The Morgan fingerprint density at radius 2 is 0.860 bits per heavy atom. The summed E-state index contributed by atoms with van der Waals surface area (Å²) < 4.78 is 62.1. The largest absolute Gasteiger partial charge is 0.512 e. The molecule has 0 aliphatic carbocycles. The molecule has 1 N–H and O–H groups in total. The van der Waals surface area contributed by atoms with Crippen LogP contribution in [0, 0.1) is 12.1 Å². The second-order valence-electron chi connectivity index (χ2n) is 11.7. The van der Waals surface area contributed by atoms with Crippen LogP contribution in [0.4, 0.5) is 26.3 Å². The molecule has 0 aliphatic rings. The Bertz CT molecular complexity index is 2280. The van der Waals surface area contributed by atoms with E-state index in [1.807, 2.05) is 97.1 Å². The Kier molecular flexibility index (Phi) is 17.7. The van der Waals surface area contributed by atoms with Crippen LogP contribution >= 0.6 is 0 Å². The van der Waals surface area contributed by atoms with Gasteiger partial charge in [-0.15, -0.1) is 33.7 Å². The Labute approximate surface area is 338 Å². The first-order valence-electron chi connectivity index (χ1n) is 16.4. The second-order valence-corrected chi connectivity index (χ2v) is 11.7. The first-order valence-corrected chi connectivity index (χ1v) is 16.4. The topological polar surface area (TPSA) is 98.7 Å². The van der Waals surface area contributed by atoms with E-state index in [1.54, 1.807) is 9.59 Å². The van der Waals surface area contributed by atoms with Crippen LogP contribution in [0.25, 0.3) is 55.0 Å². The average Bonchev–Trinajstić information content (AvgIpc) is 3.75. The number of ketones is 1. The van der Waals surface area contributed by atoms with Crippen LogP contribution in [-0.4, -0.2) is 53.2 Å². The number of hydrogen-bond acceptors (Lipinski definition) is 6. The zero-order valence-electron chi connectivity index (χ0n) is 30.3. The van der Waals surface area contributed by atoms with Gasteiger partial charge in [0.15, 0.2) is 5.78 Å². The molecule has 0 saturated carbocycles. The maximum atomic E-state index is 10.4. The number of halogens is 6. The monoisotopic (exact) mass is 965 g/mol. The van der Waals surface area contributed by atoms with Crippen LogP contribution in [-0.2, 0) is 24.9 Å². The zero-order chi connectivity index (χ0) is 40.2. The number of aliphatic hydroxyl groups is 1. The van der Waals surface area contributed by atoms with Gasteiger partial charge in [-0.2, -0.15) is 92.7 Å². The van der Waals surface area contributed by atoms with Crippen LogP contribution in [0.15, 0.2) is 133 Å². The van der Waals surface area contributed by atoms with Crippen molar-refractivity contribution < 1.29 is 56.3 Å². The van der Waals surface area contributed by atoms with Crippen LogP contribution in [0.1, 0.15) is 35.1 Å². The molecule has 0 saturated heterocycles. The molecule has 0 amide bonds. The molecule has 0 atom stereocenters. The fourth-order valence-electron chi connectivity index (χ4n) is 4.84. The minimum atomic E-state index is -4.00. The summed E-state index contributed by atoms with van der Waals surface area (Å²) in [6.07, 6.45) is -6.83. The van der Waals surface area contributed by atoms with Crippen LogP contribution in [0.5, 0.6) is 0 Å². The summed E-state index contributed by atoms with van der Waals surface area (Å²) in [5, 5.41) is 30.9. The van der Waals surface area contributed by atoms with Crippen molar-refractivity contribution in [3.8, 4) is 11.4 Å². The standard InChI is InChI=1S/2C16H10N3.C5H8O2.2C2H3F3.CH4.Ir/c2*1-2-8-13-12(6-1)7-5-11-16(13)19-17-14-9-3-4-10-15(14)18-19;1-4(6)3-5(2)7;2*1-2(3,4)5;;/h2*1-10H;3,6H,1-2H3;2*1H3;1H4;/q2*-1;;;;;. The minimum absolute atomic E-state index is 0. The molecule has 1 radical (unpaired) electrons. The van der Waals surface area contributed by atoms with Crippen molar-refractivity contribution in [3.63, 3.8) is 0 Å². The summed E-state index contributed by atoms with van der Waals surface area (Å²) in [5.74, 6) is -0.0625. The average molecular weight is 965 g/mol. The molecule has 301 valence electrons. The van der Waals surface area contributed by atoms with Gasteiger partial charge < -0.3 is 5.11 Å². The third-order valence-corrected chi connectivity index (χ3v) is 6.78. The van der Waals surface area contributed by atoms with Crippen LogP contribution in [0.3, 0.4) is 0 Å². The number of carbonyl (C=O) groups is 1. The first-order chi connectivity index (χ1) is 26.0. The van der Waals surface area contributed by atoms with Crippen molar-refractivity contribution in [1.29, 1.82) is 0 Å². The van der Waals surface area contributed by atoms with Crippen molar-refractivity contribution in [2.75, 3.05) is 0 Å². The van der Waals surface area contributed by atoms with Crippen molar-refractivity contribution in [2.45, 2.75) is 47.5 Å². The van der Waals surface area contributed by atoms with Crippen molar-refractivity contribution in [1.82, 2.24) is 30.0 Å². The van der Waals surface area contributed by atoms with Gasteiger partial charge in [0.2, 0.25) is 0 Å². The summed E-state index contributed by atoms with van der Waals surface area (Å²) in [4.78, 5) is 13.3. The quantitative estimate of drug-likeness (QED) is 0.0820. The molecule has 15 heteroatoms. The third-order valence-electron chi connectivity index (χ3n) is 6.78. The number of hydrogen-bond donors (Lipinski definition) is 1. The molecule has 0 fully saturated rings. The van der Waals surface area contributed by atoms with Gasteiger partial charge in [0, 0.05) is 40.0 Å². The molecular weight excluding hydrogens is 927 g/mol. The van der Waals surface area contributed by atoms with Gasteiger partial charge in [-0.1, -0.05) is 68.1 Å². The smallest absolute Gasteiger partial charge is 0.386 e. The maximum absolute atomic E-state index is 10.4. The van der Waals surface area contributed by atoms with Crippen LogP contribution in [0.2, 0.25) is 0 Å². The summed E-state index contributed by atoms with van der Waals surface area (Å²) >= 11 is 0. The third kappa shape index (κ3) is 15.6. The number of aliphatic hydroxyl groups excluding tert-OH is 1. The number of rotatable bonds is 3. The SMILES string of the molecule is C.CC(=O)C=C(C)O.CC(F)(F)F.CC(F)(F)F.[Ir].[c-]1ccc2ccccc2c1-n1nc2ccccc2n1.[c-]1ccc2ccccc2c1-n1nc2ccccc2n1. The molecular formula is C42H38F6IrN6O2-2. The van der Waals surface area contributed by atoms with Crippen molar-refractivity contribution in [2.24, 2.45) is 0 Å². The summed E-state index contributed by atoms with van der Waals surface area (Å²) in [6.45, 7) is 3.22. The Morgan fingerprint density at radius 1 is 0.579 bits per heavy atom. The maximum Gasteiger partial charge on any atom is 0.386 e. The zero-order valence-corrected chi connectivity index (χ0v) is 32.7. The molecule has 8 aromatic rings. The van der Waals surface area contributed by atoms with E-state index in [9.17, 15) is 31.1 Å². The Balaban J connectivity index is 0.000000277. The molecule has 57 heavy (non-hydrogen) atoms. The van der Waals surface area contributed by atoms with Gasteiger partial charge >= 0.3 is 12.4 Å². The van der Waals surface area contributed by atoms with Gasteiger partial charge in [0.1, 0.15) is 22.1 Å². The van der Waals surface area contributed by atoms with E-state index in [4.69, 9.17) is 5.11 Å². The molecule has 8 nitrogen and oxygen atoms in total. The van der Waals surface area contributed by atoms with E-state index in [0.29, 0.717) is 0 Å². The van der Waals surface area contributed by atoms with Gasteiger partial charge in [0.05, 0.1) is 5.76 Å².